The van der Waals surface area contributed by atoms with Gasteiger partial charge in [0.1, 0.15) is 4.88 Å². The largest absolute Gasteiger partial charge is 0.465 e. The highest BCUT2D eigenvalue weighted by molar-refractivity contribution is 7.21. The summed E-state index contributed by atoms with van der Waals surface area (Å²) in [5.41, 5.74) is 0.773. The predicted molar refractivity (Wildman–Crippen MR) is 62.5 cm³/mol. The molecule has 0 aliphatic rings. The number of nitrogens with zero attached hydrogens (tertiary/aromatic N) is 1. The van der Waals surface area contributed by atoms with Crippen LogP contribution in [0.4, 0.5) is 0 Å². The molecule has 0 radical (unpaired) electrons. The maximum Gasteiger partial charge on any atom is 0.348 e. The van der Waals surface area contributed by atoms with Gasteiger partial charge in [-0.2, -0.15) is 5.26 Å². The van der Waals surface area contributed by atoms with Gasteiger partial charge in [0.15, 0.2) is 0 Å². The summed E-state index contributed by atoms with van der Waals surface area (Å²) in [5, 5.41) is 9.75. The molecular formula is C12H9NO2S. The van der Waals surface area contributed by atoms with Crippen molar-refractivity contribution in [1.82, 2.24) is 0 Å². The van der Waals surface area contributed by atoms with Crippen molar-refractivity contribution < 1.29 is 9.53 Å². The Morgan fingerprint density at radius 1 is 1.50 bits per heavy atom. The van der Waals surface area contributed by atoms with Gasteiger partial charge < -0.3 is 4.74 Å². The van der Waals surface area contributed by atoms with Crippen LogP contribution in [0.1, 0.15) is 15.2 Å². The summed E-state index contributed by atoms with van der Waals surface area (Å²) in [6.07, 6.45) is 0.231. The van der Waals surface area contributed by atoms with E-state index >= 15 is 0 Å². The van der Waals surface area contributed by atoms with Crippen molar-refractivity contribution >= 4 is 27.4 Å². The number of rotatable bonds is 2. The Morgan fingerprint density at radius 3 is 2.94 bits per heavy atom. The first-order valence-electron chi connectivity index (χ1n) is 4.73. The van der Waals surface area contributed by atoms with Crippen LogP contribution in [-0.4, -0.2) is 13.1 Å². The topological polar surface area (TPSA) is 50.1 Å². The van der Waals surface area contributed by atoms with E-state index in [1.807, 2.05) is 24.3 Å². The molecule has 0 spiro atoms. The highest BCUT2D eigenvalue weighted by Crippen LogP contribution is 2.31. The number of fused-ring (bicyclic) bond motifs is 1. The van der Waals surface area contributed by atoms with Crippen molar-refractivity contribution in [3.63, 3.8) is 0 Å². The van der Waals surface area contributed by atoms with Gasteiger partial charge in [-0.15, -0.1) is 11.3 Å². The van der Waals surface area contributed by atoms with Crippen LogP contribution >= 0.6 is 11.3 Å². The smallest absolute Gasteiger partial charge is 0.348 e. The van der Waals surface area contributed by atoms with Crippen molar-refractivity contribution in [3.05, 3.63) is 34.7 Å². The van der Waals surface area contributed by atoms with Crippen molar-refractivity contribution in [2.24, 2.45) is 0 Å². The van der Waals surface area contributed by atoms with E-state index in [0.29, 0.717) is 4.88 Å². The molecule has 4 heteroatoms. The van der Waals surface area contributed by atoms with Crippen LogP contribution in [0.25, 0.3) is 10.1 Å². The molecule has 1 aromatic heterocycles. The average molecular weight is 231 g/mol. The van der Waals surface area contributed by atoms with Gasteiger partial charge in [0, 0.05) is 4.70 Å². The lowest BCUT2D eigenvalue weighted by molar-refractivity contribution is 0.0605. The third-order valence-corrected chi connectivity index (χ3v) is 3.52. The molecule has 0 saturated heterocycles. The number of esters is 1. The first kappa shape index (κ1) is 10.7. The maximum absolute atomic E-state index is 11.6. The molecule has 1 heterocycles. The number of ether oxygens (including phenoxy) is 1. The number of hydrogen-bond donors (Lipinski definition) is 0. The fraction of sp³-hybridized carbons (Fsp3) is 0.167. The molecule has 0 aliphatic carbocycles. The van der Waals surface area contributed by atoms with Gasteiger partial charge in [-0.05, 0) is 17.0 Å². The summed E-state index contributed by atoms with van der Waals surface area (Å²) in [6, 6.07) is 9.75. The summed E-state index contributed by atoms with van der Waals surface area (Å²) >= 11 is 1.37. The molecule has 0 unspecified atom stereocenters. The summed E-state index contributed by atoms with van der Waals surface area (Å²) in [7, 11) is 1.35. The molecule has 16 heavy (non-hydrogen) atoms. The quantitative estimate of drug-likeness (QED) is 0.747. The Morgan fingerprint density at radius 2 is 2.25 bits per heavy atom. The van der Waals surface area contributed by atoms with E-state index in [0.717, 1.165) is 15.6 Å². The van der Waals surface area contributed by atoms with Crippen LogP contribution in [0.3, 0.4) is 0 Å². The lowest BCUT2D eigenvalue weighted by atomic mass is 10.1. The van der Waals surface area contributed by atoms with Gasteiger partial charge in [-0.1, -0.05) is 18.2 Å². The number of hydrogen-bond acceptors (Lipinski definition) is 4. The molecule has 0 amide bonds. The summed E-state index contributed by atoms with van der Waals surface area (Å²) < 4.78 is 5.72. The lowest BCUT2D eigenvalue weighted by Crippen LogP contribution is -2.01. The fourth-order valence-corrected chi connectivity index (χ4v) is 2.75. The van der Waals surface area contributed by atoms with Gasteiger partial charge in [-0.3, -0.25) is 0 Å². The van der Waals surface area contributed by atoms with Crippen LogP contribution < -0.4 is 0 Å². The predicted octanol–water partition coefficient (Wildman–Crippen LogP) is 2.75. The molecular weight excluding hydrogens is 222 g/mol. The molecule has 3 nitrogen and oxygen atoms in total. The van der Waals surface area contributed by atoms with Gasteiger partial charge in [0.05, 0.1) is 19.6 Å². The zero-order chi connectivity index (χ0) is 11.5. The van der Waals surface area contributed by atoms with E-state index in [4.69, 9.17) is 10.00 Å². The third-order valence-electron chi connectivity index (χ3n) is 2.32. The van der Waals surface area contributed by atoms with Crippen LogP contribution in [0.2, 0.25) is 0 Å². The second-order valence-corrected chi connectivity index (χ2v) is 4.28. The number of methoxy groups -OCH3 is 1. The molecule has 0 saturated carbocycles. The summed E-state index contributed by atoms with van der Waals surface area (Å²) in [5.74, 6) is -0.369. The standard InChI is InChI=1S/C12H9NO2S/c1-15-12(14)11-9(6-7-13)8-4-2-3-5-10(8)16-11/h2-5H,6H2,1H3. The molecule has 1 aromatic carbocycles. The Bertz CT molecular complexity index is 580. The van der Waals surface area contributed by atoms with E-state index in [1.165, 1.54) is 18.4 Å². The zero-order valence-corrected chi connectivity index (χ0v) is 9.50. The highest BCUT2D eigenvalue weighted by atomic mass is 32.1. The van der Waals surface area contributed by atoms with Crippen molar-refractivity contribution in [3.8, 4) is 6.07 Å². The number of nitriles is 1. The Labute approximate surface area is 96.9 Å². The van der Waals surface area contributed by atoms with Crippen LogP contribution in [-0.2, 0) is 11.2 Å². The van der Waals surface area contributed by atoms with E-state index in [9.17, 15) is 4.79 Å². The molecule has 0 aliphatic heterocycles. The second-order valence-electron chi connectivity index (χ2n) is 3.23. The zero-order valence-electron chi connectivity index (χ0n) is 8.69. The molecule has 2 aromatic rings. The monoisotopic (exact) mass is 231 g/mol. The average Bonchev–Trinajstić information content (AvgIpc) is 2.68. The van der Waals surface area contributed by atoms with Gasteiger partial charge in [-0.25, -0.2) is 4.79 Å². The van der Waals surface area contributed by atoms with E-state index in [2.05, 4.69) is 6.07 Å². The normalized spacial score (nSPS) is 10.0. The minimum absolute atomic E-state index is 0.231. The second kappa shape index (κ2) is 4.33. The Balaban J connectivity index is 2.68. The molecule has 0 atom stereocenters. The minimum Gasteiger partial charge on any atom is -0.465 e. The van der Waals surface area contributed by atoms with Gasteiger partial charge >= 0.3 is 5.97 Å². The van der Waals surface area contributed by atoms with Crippen molar-refractivity contribution in [2.45, 2.75) is 6.42 Å². The maximum atomic E-state index is 11.6. The number of thiophene rings is 1. The highest BCUT2D eigenvalue weighted by Gasteiger charge is 2.17. The van der Waals surface area contributed by atoms with E-state index < -0.39 is 0 Å². The third kappa shape index (κ3) is 1.66. The van der Waals surface area contributed by atoms with Crippen molar-refractivity contribution in [2.75, 3.05) is 7.11 Å². The molecule has 0 N–H and O–H groups in total. The summed E-state index contributed by atoms with van der Waals surface area (Å²) in [6.45, 7) is 0. The Hall–Kier alpha value is -1.86. The molecule has 2 rings (SSSR count). The molecule has 0 fully saturated rings. The van der Waals surface area contributed by atoms with E-state index in [-0.39, 0.29) is 12.4 Å². The minimum atomic E-state index is -0.369. The van der Waals surface area contributed by atoms with Crippen LogP contribution in [0, 0.1) is 11.3 Å². The van der Waals surface area contributed by atoms with Gasteiger partial charge in [0.2, 0.25) is 0 Å². The SMILES string of the molecule is COC(=O)c1sc2ccccc2c1CC#N. The van der Waals surface area contributed by atoms with E-state index in [1.54, 1.807) is 0 Å². The number of benzene rings is 1. The first-order valence-corrected chi connectivity index (χ1v) is 5.55. The fourth-order valence-electron chi connectivity index (χ4n) is 1.61. The molecule has 80 valence electrons. The molecule has 0 bridgehead atoms. The number of carbonyl (C=O) groups is 1. The van der Waals surface area contributed by atoms with Crippen LogP contribution in [0.15, 0.2) is 24.3 Å². The summed E-state index contributed by atoms with van der Waals surface area (Å²) in [4.78, 5) is 12.1. The number of carbonyl (C=O) groups excluding carboxylic acids is 1. The first-order chi connectivity index (χ1) is 7.77. The van der Waals surface area contributed by atoms with Crippen molar-refractivity contribution in [1.29, 1.82) is 5.26 Å². The lowest BCUT2D eigenvalue weighted by Gasteiger charge is -1.97. The van der Waals surface area contributed by atoms with Crippen LogP contribution in [0.5, 0.6) is 0 Å². The Kier molecular flexibility index (Phi) is 2.88. The van der Waals surface area contributed by atoms with Gasteiger partial charge in [0.25, 0.3) is 0 Å².